The highest BCUT2D eigenvalue weighted by Crippen LogP contribution is 2.20. The molecule has 1 aromatic heterocycles. The van der Waals surface area contributed by atoms with Crippen molar-refractivity contribution in [3.05, 3.63) is 46.6 Å². The topological polar surface area (TPSA) is 51.0 Å². The summed E-state index contributed by atoms with van der Waals surface area (Å²) in [5.41, 5.74) is 2.07. The van der Waals surface area contributed by atoms with Gasteiger partial charge in [-0.2, -0.15) is 4.98 Å². The molecule has 0 saturated carbocycles. The van der Waals surface area contributed by atoms with Crippen molar-refractivity contribution in [2.24, 2.45) is 0 Å². The molecule has 2 rings (SSSR count). The highest BCUT2D eigenvalue weighted by atomic mass is 35.5. The average molecular weight is 292 g/mol. The van der Waals surface area contributed by atoms with Crippen molar-refractivity contribution < 1.29 is 4.52 Å². The van der Waals surface area contributed by atoms with Gasteiger partial charge in [0.2, 0.25) is 0 Å². The number of aromatic nitrogens is 2. The van der Waals surface area contributed by atoms with Crippen molar-refractivity contribution in [1.29, 1.82) is 0 Å². The molecule has 0 saturated heterocycles. The van der Waals surface area contributed by atoms with Gasteiger partial charge in [0.1, 0.15) is 0 Å². The van der Waals surface area contributed by atoms with E-state index in [4.69, 9.17) is 16.1 Å². The second kappa shape index (κ2) is 6.68. The fourth-order valence-corrected chi connectivity index (χ4v) is 1.98. The van der Waals surface area contributed by atoms with Crippen molar-refractivity contribution in [1.82, 2.24) is 15.5 Å². The lowest BCUT2D eigenvalue weighted by atomic mass is 10.1. The predicted molar refractivity (Wildman–Crippen MR) is 81.5 cm³/mol. The second-order valence-electron chi connectivity index (χ2n) is 4.78. The van der Waals surface area contributed by atoms with E-state index in [0.717, 1.165) is 17.6 Å². The van der Waals surface area contributed by atoms with Crippen molar-refractivity contribution >= 4 is 23.3 Å². The number of allylic oxidation sites excluding steroid dienone is 1. The molecule has 0 fully saturated rings. The zero-order chi connectivity index (χ0) is 14.5. The van der Waals surface area contributed by atoms with Gasteiger partial charge >= 0.3 is 0 Å². The fraction of sp³-hybridized carbons (Fsp3) is 0.333. The third kappa shape index (κ3) is 3.92. The van der Waals surface area contributed by atoms with Gasteiger partial charge in [-0.1, -0.05) is 28.9 Å². The molecule has 106 valence electrons. The van der Waals surface area contributed by atoms with Crippen LogP contribution in [0.4, 0.5) is 0 Å². The number of likely N-dealkylation sites (N-methyl/N-ethyl adjacent to an activating group) is 1. The quantitative estimate of drug-likeness (QED) is 0.917. The first-order chi connectivity index (χ1) is 9.58. The van der Waals surface area contributed by atoms with Gasteiger partial charge in [0.25, 0.3) is 5.89 Å². The minimum Gasteiger partial charge on any atom is -0.335 e. The number of rotatable bonds is 5. The van der Waals surface area contributed by atoms with Gasteiger partial charge in [0.15, 0.2) is 5.82 Å². The fourth-order valence-electron chi connectivity index (χ4n) is 1.79. The summed E-state index contributed by atoms with van der Waals surface area (Å²) in [6.07, 6.45) is 2.61. The summed E-state index contributed by atoms with van der Waals surface area (Å²) in [5.74, 6) is 1.22. The van der Waals surface area contributed by atoms with Gasteiger partial charge < -0.3 is 9.84 Å². The van der Waals surface area contributed by atoms with E-state index in [2.05, 4.69) is 22.4 Å². The average Bonchev–Trinajstić information content (AvgIpc) is 2.85. The van der Waals surface area contributed by atoms with Gasteiger partial charge in [-0.05, 0) is 44.2 Å². The molecule has 4 nitrogen and oxygen atoms in total. The molecule has 5 heteroatoms. The molecule has 1 unspecified atom stereocenters. The van der Waals surface area contributed by atoms with Crippen LogP contribution in [0.2, 0.25) is 5.02 Å². The lowest BCUT2D eigenvalue weighted by Gasteiger charge is -2.04. The van der Waals surface area contributed by atoms with Crippen LogP contribution in [0, 0.1) is 0 Å². The Labute approximate surface area is 123 Å². The molecule has 0 spiro atoms. The van der Waals surface area contributed by atoms with Gasteiger partial charge in [-0.3, -0.25) is 0 Å². The normalized spacial score (nSPS) is 13.5. The van der Waals surface area contributed by atoms with Gasteiger partial charge in [0, 0.05) is 23.6 Å². The van der Waals surface area contributed by atoms with E-state index in [9.17, 15) is 0 Å². The van der Waals surface area contributed by atoms with E-state index in [1.807, 2.05) is 44.3 Å². The van der Waals surface area contributed by atoms with Crippen LogP contribution in [0.25, 0.3) is 11.6 Å². The summed E-state index contributed by atoms with van der Waals surface area (Å²) in [5, 5.41) is 7.83. The summed E-state index contributed by atoms with van der Waals surface area (Å²) < 4.78 is 5.23. The molecule has 0 aliphatic heterocycles. The molecule has 1 heterocycles. The van der Waals surface area contributed by atoms with Crippen molar-refractivity contribution in [2.75, 3.05) is 7.05 Å². The maximum absolute atomic E-state index is 5.98. The van der Waals surface area contributed by atoms with Crippen molar-refractivity contribution in [3.63, 3.8) is 0 Å². The van der Waals surface area contributed by atoms with Crippen molar-refractivity contribution in [3.8, 4) is 0 Å². The van der Waals surface area contributed by atoms with Crippen LogP contribution in [0.15, 0.2) is 28.8 Å². The second-order valence-corrected chi connectivity index (χ2v) is 5.22. The zero-order valence-corrected chi connectivity index (χ0v) is 12.6. The molecular weight excluding hydrogens is 274 g/mol. The highest BCUT2D eigenvalue weighted by Gasteiger charge is 2.08. The van der Waals surface area contributed by atoms with Gasteiger partial charge in [-0.25, -0.2) is 0 Å². The van der Waals surface area contributed by atoms with Crippen LogP contribution >= 0.6 is 11.6 Å². The number of hydrogen-bond donors (Lipinski definition) is 1. The summed E-state index contributed by atoms with van der Waals surface area (Å²) in [6, 6.07) is 8.00. The Morgan fingerprint density at radius 1 is 1.50 bits per heavy atom. The summed E-state index contributed by atoms with van der Waals surface area (Å²) in [7, 11) is 1.91. The molecular formula is C15H18ClN3O. The first-order valence-corrected chi connectivity index (χ1v) is 6.90. The van der Waals surface area contributed by atoms with E-state index in [0.29, 0.717) is 22.8 Å². The zero-order valence-electron chi connectivity index (χ0n) is 11.9. The number of benzene rings is 1. The third-order valence-electron chi connectivity index (χ3n) is 3.09. The maximum atomic E-state index is 5.98. The van der Waals surface area contributed by atoms with E-state index in [1.54, 1.807) is 0 Å². The molecule has 1 N–H and O–H groups in total. The number of hydrogen-bond acceptors (Lipinski definition) is 4. The van der Waals surface area contributed by atoms with Gasteiger partial charge in [-0.15, -0.1) is 0 Å². The molecule has 0 amide bonds. The predicted octanol–water partition coefficient (Wildman–Crippen LogP) is 3.43. The third-order valence-corrected chi connectivity index (χ3v) is 3.32. The largest absolute Gasteiger partial charge is 0.335 e. The molecule has 0 aliphatic rings. The minimum atomic E-state index is 0.318. The Morgan fingerprint density at radius 2 is 2.30 bits per heavy atom. The Morgan fingerprint density at radius 3 is 3.00 bits per heavy atom. The smallest absolute Gasteiger partial charge is 0.250 e. The lowest BCUT2D eigenvalue weighted by molar-refractivity contribution is 0.400. The molecule has 2 aromatic rings. The standard InChI is InChI=1S/C15H18ClN3O/c1-10(12-5-4-6-13(16)9-12)7-15-18-14(19-20-15)8-11(2)17-3/h4-7,9,11,17H,8H2,1-3H3/b10-7-. The van der Waals surface area contributed by atoms with E-state index in [1.165, 1.54) is 0 Å². The van der Waals surface area contributed by atoms with Crippen LogP contribution in [0.5, 0.6) is 0 Å². The van der Waals surface area contributed by atoms with Crippen LogP contribution in [-0.2, 0) is 6.42 Å². The summed E-state index contributed by atoms with van der Waals surface area (Å²) >= 11 is 5.98. The Balaban J connectivity index is 2.14. The molecule has 1 atom stereocenters. The van der Waals surface area contributed by atoms with Crippen LogP contribution < -0.4 is 5.32 Å². The first kappa shape index (κ1) is 14.8. The Bertz CT molecular complexity index is 607. The Kier molecular flexibility index (Phi) is 4.93. The molecule has 0 radical (unpaired) electrons. The molecule has 20 heavy (non-hydrogen) atoms. The molecule has 0 aliphatic carbocycles. The Hall–Kier alpha value is -1.65. The van der Waals surface area contributed by atoms with Gasteiger partial charge in [0.05, 0.1) is 0 Å². The van der Waals surface area contributed by atoms with E-state index < -0.39 is 0 Å². The van der Waals surface area contributed by atoms with E-state index in [-0.39, 0.29) is 0 Å². The molecule has 0 bridgehead atoms. The number of nitrogens with zero attached hydrogens (tertiary/aromatic N) is 2. The maximum Gasteiger partial charge on any atom is 0.250 e. The molecule has 1 aromatic carbocycles. The van der Waals surface area contributed by atoms with Crippen LogP contribution in [-0.4, -0.2) is 23.2 Å². The number of nitrogens with one attached hydrogen (secondary N) is 1. The SMILES string of the molecule is CNC(C)Cc1noc(/C=C(/C)c2cccc(Cl)c2)n1. The van der Waals surface area contributed by atoms with E-state index >= 15 is 0 Å². The minimum absolute atomic E-state index is 0.318. The van der Waals surface area contributed by atoms with Crippen LogP contribution in [0.3, 0.4) is 0 Å². The van der Waals surface area contributed by atoms with Crippen LogP contribution in [0.1, 0.15) is 31.1 Å². The van der Waals surface area contributed by atoms with Crippen molar-refractivity contribution in [2.45, 2.75) is 26.3 Å². The monoisotopic (exact) mass is 291 g/mol. The highest BCUT2D eigenvalue weighted by molar-refractivity contribution is 6.30. The lowest BCUT2D eigenvalue weighted by Crippen LogP contribution is -2.24. The summed E-state index contributed by atoms with van der Waals surface area (Å²) in [4.78, 5) is 4.36. The first-order valence-electron chi connectivity index (χ1n) is 6.52. The summed E-state index contributed by atoms with van der Waals surface area (Å²) in [6.45, 7) is 4.06. The number of halogens is 1.